The molecule has 1 aromatic carbocycles. The van der Waals surface area contributed by atoms with Gasteiger partial charge in [-0.05, 0) is 50.3 Å². The summed E-state index contributed by atoms with van der Waals surface area (Å²) >= 11 is 0. The predicted molar refractivity (Wildman–Crippen MR) is 73.6 cm³/mol. The summed E-state index contributed by atoms with van der Waals surface area (Å²) < 4.78 is 17.8. The molecule has 1 aliphatic heterocycles. The van der Waals surface area contributed by atoms with E-state index in [0.717, 1.165) is 35.7 Å². The smallest absolute Gasteiger partial charge is 0.189 e. The van der Waals surface area contributed by atoms with Gasteiger partial charge in [-0.3, -0.25) is 0 Å². The van der Waals surface area contributed by atoms with Crippen LogP contribution in [0.4, 0.5) is 0 Å². The van der Waals surface area contributed by atoms with Crippen molar-refractivity contribution in [3.63, 3.8) is 0 Å². The number of hydrogen-bond acceptors (Lipinski definition) is 3. The third-order valence-corrected chi connectivity index (χ3v) is 3.72. The van der Waals surface area contributed by atoms with Crippen molar-refractivity contribution in [2.75, 3.05) is 13.2 Å². The van der Waals surface area contributed by atoms with E-state index in [1.165, 1.54) is 12.0 Å². The summed E-state index contributed by atoms with van der Waals surface area (Å²) in [4.78, 5) is 0. The monoisotopic (exact) mass is 260 g/mol. The molecule has 0 radical (unpaired) electrons. The van der Waals surface area contributed by atoms with Crippen molar-refractivity contribution in [3.8, 4) is 11.5 Å². The van der Waals surface area contributed by atoms with Crippen molar-refractivity contribution in [1.29, 1.82) is 0 Å². The lowest BCUT2D eigenvalue weighted by Gasteiger charge is -2.32. The molecule has 3 heteroatoms. The highest BCUT2D eigenvalue weighted by molar-refractivity contribution is 5.47. The summed E-state index contributed by atoms with van der Waals surface area (Å²) in [6, 6.07) is 6.00. The second-order valence-electron chi connectivity index (χ2n) is 5.07. The molecule has 19 heavy (non-hydrogen) atoms. The molecule has 1 aromatic rings. The zero-order chi connectivity index (χ0) is 13.2. The van der Waals surface area contributed by atoms with Gasteiger partial charge in [0, 0.05) is 0 Å². The van der Waals surface area contributed by atoms with Crippen LogP contribution >= 0.6 is 0 Å². The van der Waals surface area contributed by atoms with Crippen molar-refractivity contribution in [1.82, 2.24) is 0 Å². The van der Waals surface area contributed by atoms with E-state index in [4.69, 9.17) is 14.2 Å². The normalized spacial score (nSPS) is 20.7. The average Bonchev–Trinajstić information content (AvgIpc) is 2.36. The highest BCUT2D eigenvalue weighted by Gasteiger charge is 2.30. The van der Waals surface area contributed by atoms with Crippen LogP contribution in [-0.2, 0) is 4.74 Å². The van der Waals surface area contributed by atoms with Crippen LogP contribution in [0, 0.1) is 6.92 Å². The predicted octanol–water partition coefficient (Wildman–Crippen LogP) is 3.61. The van der Waals surface area contributed by atoms with Gasteiger partial charge in [-0.25, -0.2) is 0 Å². The van der Waals surface area contributed by atoms with Crippen LogP contribution in [0.25, 0.3) is 0 Å². The van der Waals surface area contributed by atoms with Crippen LogP contribution in [0.5, 0.6) is 11.5 Å². The van der Waals surface area contributed by atoms with E-state index in [2.05, 4.69) is 0 Å². The van der Waals surface area contributed by atoms with E-state index < -0.39 is 0 Å². The summed E-state index contributed by atoms with van der Waals surface area (Å²) in [7, 11) is 0. The van der Waals surface area contributed by atoms with E-state index in [9.17, 15) is 0 Å². The average molecular weight is 260 g/mol. The zero-order valence-electron chi connectivity index (χ0n) is 11.6. The largest absolute Gasteiger partial charge is 0.494 e. The first-order chi connectivity index (χ1) is 9.29. The lowest BCUT2D eigenvalue weighted by molar-refractivity contribution is 0.0571. The van der Waals surface area contributed by atoms with Gasteiger partial charge in [0.25, 0.3) is 0 Å². The van der Waals surface area contributed by atoms with Crippen molar-refractivity contribution in [2.24, 2.45) is 0 Å². The Kier molecular flexibility index (Phi) is 3.36. The van der Waals surface area contributed by atoms with Gasteiger partial charge in [0.1, 0.15) is 12.4 Å². The quantitative estimate of drug-likeness (QED) is 0.777. The molecular weight excluding hydrogens is 240 g/mol. The Labute approximate surface area is 114 Å². The first-order valence-electron chi connectivity index (χ1n) is 7.03. The van der Waals surface area contributed by atoms with E-state index in [1.54, 1.807) is 0 Å². The van der Waals surface area contributed by atoms with Crippen molar-refractivity contribution >= 4 is 0 Å². The van der Waals surface area contributed by atoms with Gasteiger partial charge < -0.3 is 14.2 Å². The van der Waals surface area contributed by atoms with E-state index in [0.29, 0.717) is 13.2 Å². The molecule has 0 aromatic heterocycles. The highest BCUT2D eigenvalue weighted by atomic mass is 16.6. The molecule has 1 heterocycles. The van der Waals surface area contributed by atoms with Gasteiger partial charge in [0.2, 0.25) is 0 Å². The Morgan fingerprint density at radius 1 is 1.37 bits per heavy atom. The Balaban J connectivity index is 1.84. The number of benzene rings is 1. The molecule has 0 spiro atoms. The Bertz CT molecular complexity index is 499. The molecule has 3 nitrogen and oxygen atoms in total. The summed E-state index contributed by atoms with van der Waals surface area (Å²) in [5.41, 5.74) is 2.51. The van der Waals surface area contributed by atoms with Crippen LogP contribution in [0.2, 0.25) is 0 Å². The molecule has 1 atom stereocenters. The van der Waals surface area contributed by atoms with Crippen molar-refractivity contribution < 1.29 is 14.2 Å². The first kappa shape index (κ1) is 12.4. The number of aryl methyl sites for hydroxylation is 1. The molecule has 1 saturated carbocycles. The first-order valence-corrected chi connectivity index (χ1v) is 7.03. The van der Waals surface area contributed by atoms with Gasteiger partial charge in [-0.2, -0.15) is 0 Å². The molecule has 1 aliphatic carbocycles. The second kappa shape index (κ2) is 5.16. The van der Waals surface area contributed by atoms with Crippen LogP contribution < -0.4 is 9.47 Å². The third-order valence-electron chi connectivity index (χ3n) is 3.72. The number of ether oxygens (including phenoxy) is 3. The SMILES string of the molecule is CCOC(=C1CCC1)C1COc2c(C)cccc2O1. The lowest BCUT2D eigenvalue weighted by Crippen LogP contribution is -2.33. The van der Waals surface area contributed by atoms with Gasteiger partial charge in [0.05, 0.1) is 6.61 Å². The highest BCUT2D eigenvalue weighted by Crippen LogP contribution is 2.38. The molecule has 102 valence electrons. The summed E-state index contributed by atoms with van der Waals surface area (Å²) in [6.07, 6.45) is 3.44. The number of fused-ring (bicyclic) bond motifs is 1. The minimum Gasteiger partial charge on any atom is -0.494 e. The lowest BCUT2D eigenvalue weighted by atomic mass is 9.90. The molecule has 0 N–H and O–H groups in total. The standard InChI is InChI=1S/C16H20O3/c1-3-17-16(12-7-5-8-12)14-10-18-15-11(2)6-4-9-13(15)19-14/h4,6,9,14H,3,5,7-8,10H2,1-2H3. The zero-order valence-corrected chi connectivity index (χ0v) is 11.6. The molecule has 0 saturated heterocycles. The maximum Gasteiger partial charge on any atom is 0.189 e. The Hall–Kier alpha value is -1.64. The van der Waals surface area contributed by atoms with Gasteiger partial charge >= 0.3 is 0 Å². The molecule has 1 fully saturated rings. The number of para-hydroxylation sites is 1. The van der Waals surface area contributed by atoms with Crippen LogP contribution in [-0.4, -0.2) is 19.3 Å². The molecule has 0 amide bonds. The summed E-state index contributed by atoms with van der Waals surface area (Å²) in [6.45, 7) is 5.27. The minimum absolute atomic E-state index is 0.0930. The molecular formula is C16H20O3. The van der Waals surface area contributed by atoms with E-state index >= 15 is 0 Å². The van der Waals surface area contributed by atoms with Crippen LogP contribution in [0.3, 0.4) is 0 Å². The Morgan fingerprint density at radius 2 is 2.21 bits per heavy atom. The molecule has 2 aliphatic rings. The van der Waals surface area contributed by atoms with E-state index in [1.807, 2.05) is 32.0 Å². The number of rotatable bonds is 3. The van der Waals surface area contributed by atoms with Gasteiger partial charge in [0.15, 0.2) is 17.6 Å². The maximum atomic E-state index is 6.08. The topological polar surface area (TPSA) is 27.7 Å². The summed E-state index contributed by atoms with van der Waals surface area (Å²) in [5, 5.41) is 0. The van der Waals surface area contributed by atoms with Crippen molar-refractivity contribution in [2.45, 2.75) is 39.2 Å². The Morgan fingerprint density at radius 3 is 2.89 bits per heavy atom. The fourth-order valence-electron chi connectivity index (χ4n) is 2.56. The minimum atomic E-state index is -0.0930. The summed E-state index contributed by atoms with van der Waals surface area (Å²) in [5.74, 6) is 2.70. The number of hydrogen-bond donors (Lipinski definition) is 0. The fourth-order valence-corrected chi connectivity index (χ4v) is 2.56. The third kappa shape index (κ3) is 2.29. The van der Waals surface area contributed by atoms with E-state index in [-0.39, 0.29) is 6.10 Å². The molecule has 1 unspecified atom stereocenters. The van der Waals surface area contributed by atoms with Crippen LogP contribution in [0.15, 0.2) is 29.5 Å². The van der Waals surface area contributed by atoms with Gasteiger partial charge in [-0.15, -0.1) is 0 Å². The second-order valence-corrected chi connectivity index (χ2v) is 5.07. The van der Waals surface area contributed by atoms with Gasteiger partial charge in [-0.1, -0.05) is 12.1 Å². The van der Waals surface area contributed by atoms with Crippen molar-refractivity contribution in [3.05, 3.63) is 35.1 Å². The fraction of sp³-hybridized carbons (Fsp3) is 0.500. The molecule has 3 rings (SSSR count). The van der Waals surface area contributed by atoms with Crippen LogP contribution in [0.1, 0.15) is 31.7 Å². The number of allylic oxidation sites excluding steroid dienone is 1. The molecule has 0 bridgehead atoms. The maximum absolute atomic E-state index is 6.08.